The molecule has 0 rings (SSSR count). The first-order chi connectivity index (χ1) is 14.6. The molecule has 0 aliphatic heterocycles. The van der Waals surface area contributed by atoms with Gasteiger partial charge in [-0.3, -0.25) is 9.80 Å². The molecule has 0 aliphatic rings. The van der Waals surface area contributed by atoms with Gasteiger partial charge in [0.2, 0.25) is 0 Å². The van der Waals surface area contributed by atoms with E-state index in [0.717, 1.165) is 11.3 Å². The van der Waals surface area contributed by atoms with Crippen LogP contribution in [0.25, 0.3) is 0 Å². The third kappa shape index (κ3) is 18.6. The molecule has 12 heteroatoms. The molecule has 0 heterocycles. The second-order valence-corrected chi connectivity index (χ2v) is 7.13. The maximum Gasteiger partial charge on any atom is 0.0900 e. The van der Waals surface area contributed by atoms with E-state index < -0.39 is 49.8 Å². The Hall–Kier alpha value is -1.83. The molecule has 12 nitrogen and oxygen atoms in total. The molecule has 31 heavy (non-hydrogen) atoms. The van der Waals surface area contributed by atoms with E-state index in [9.17, 15) is 39.9 Å². The molecule has 0 saturated heterocycles. The number of nitrogens with zero attached hydrogens (tertiary/aromatic N) is 2. The molecule has 2 atom stereocenters. The maximum atomic E-state index is 10.9. The lowest BCUT2D eigenvalue weighted by Gasteiger charge is -2.29. The molecule has 0 amide bonds. The second-order valence-electron chi connectivity index (χ2n) is 7.13. The summed E-state index contributed by atoms with van der Waals surface area (Å²) in [6, 6.07) is 0. The number of hydrogen-bond acceptors (Lipinski definition) is 12. The van der Waals surface area contributed by atoms with E-state index in [2.05, 4.69) is 0 Å². The minimum atomic E-state index is -1.48. The molecular formula is C19H33N2O10-3. The van der Waals surface area contributed by atoms with E-state index in [4.69, 9.17) is 9.47 Å². The maximum absolute atomic E-state index is 10.9. The van der Waals surface area contributed by atoms with E-state index in [1.54, 1.807) is 0 Å². The van der Waals surface area contributed by atoms with E-state index in [-0.39, 0.29) is 32.8 Å². The van der Waals surface area contributed by atoms with Crippen LogP contribution in [-0.2, 0) is 23.9 Å². The predicted octanol–water partition coefficient (Wildman–Crippen LogP) is -5.21. The molecule has 0 bridgehead atoms. The number of carbonyl (C=O) groups is 3. The highest BCUT2D eigenvalue weighted by molar-refractivity contribution is 5.70. The molecule has 182 valence electrons. The number of carboxylic acids is 3. The molecule has 0 aromatic carbocycles. The molecular weight excluding hydrogens is 416 g/mol. The highest BCUT2D eigenvalue weighted by Crippen LogP contribution is 1.99. The van der Waals surface area contributed by atoms with Gasteiger partial charge in [-0.05, 0) is 19.3 Å². The molecule has 2 unspecified atom stereocenters. The number of hydrogen-bond donors (Lipinski definition) is 2. The summed E-state index contributed by atoms with van der Waals surface area (Å²) in [6.07, 6.45) is 0.548. The van der Waals surface area contributed by atoms with Gasteiger partial charge in [0, 0.05) is 52.5 Å². The Morgan fingerprint density at radius 1 is 0.774 bits per heavy atom. The van der Waals surface area contributed by atoms with Crippen LogP contribution in [0, 0.1) is 0 Å². The van der Waals surface area contributed by atoms with Crippen molar-refractivity contribution >= 4 is 17.9 Å². The van der Waals surface area contributed by atoms with Crippen molar-refractivity contribution in [2.24, 2.45) is 0 Å². The van der Waals surface area contributed by atoms with Crippen LogP contribution >= 0.6 is 0 Å². The zero-order chi connectivity index (χ0) is 23.6. The number of unbranched alkanes of at least 4 members (excludes halogenated alkanes) is 1. The molecule has 0 saturated carbocycles. The number of aliphatic carboxylic acids is 3. The van der Waals surface area contributed by atoms with Crippen molar-refractivity contribution < 1.29 is 49.4 Å². The van der Waals surface area contributed by atoms with Gasteiger partial charge in [-0.25, -0.2) is 0 Å². The van der Waals surface area contributed by atoms with E-state index in [1.807, 2.05) is 6.92 Å². The van der Waals surface area contributed by atoms with Crippen LogP contribution in [0.15, 0.2) is 0 Å². The summed E-state index contributed by atoms with van der Waals surface area (Å²) in [7, 11) is 0. The number of carbonyl (C=O) groups excluding carboxylic acids is 3. The van der Waals surface area contributed by atoms with Crippen LogP contribution in [0.3, 0.4) is 0 Å². The first kappa shape index (κ1) is 29.2. The number of aliphatic hydroxyl groups is 2. The van der Waals surface area contributed by atoms with Crippen molar-refractivity contribution in [2.75, 3.05) is 65.7 Å². The van der Waals surface area contributed by atoms with Gasteiger partial charge in [-0.1, -0.05) is 6.92 Å². The van der Waals surface area contributed by atoms with Crippen molar-refractivity contribution in [2.45, 2.75) is 38.4 Å². The lowest BCUT2D eigenvalue weighted by Crippen LogP contribution is -2.49. The second kappa shape index (κ2) is 17.8. The quantitative estimate of drug-likeness (QED) is 0.159. The Kier molecular flexibility index (Phi) is 16.8. The third-order valence-electron chi connectivity index (χ3n) is 4.18. The van der Waals surface area contributed by atoms with E-state index >= 15 is 0 Å². The lowest BCUT2D eigenvalue weighted by atomic mass is 10.3. The van der Waals surface area contributed by atoms with Crippen molar-refractivity contribution in [1.82, 2.24) is 9.80 Å². The number of aliphatic hydroxyl groups excluding tert-OH is 2. The zero-order valence-electron chi connectivity index (χ0n) is 17.9. The highest BCUT2D eigenvalue weighted by atomic mass is 16.5. The summed E-state index contributed by atoms with van der Waals surface area (Å²) in [5.74, 6) is -4.35. The summed E-state index contributed by atoms with van der Waals surface area (Å²) in [5, 5.41) is 51.7. The molecule has 0 spiro atoms. The van der Waals surface area contributed by atoms with Crippen LogP contribution < -0.4 is 15.3 Å². The summed E-state index contributed by atoms with van der Waals surface area (Å²) in [6.45, 7) is 0.923. The lowest BCUT2D eigenvalue weighted by molar-refractivity contribution is -0.311. The summed E-state index contributed by atoms with van der Waals surface area (Å²) >= 11 is 0. The molecule has 0 radical (unpaired) electrons. The molecule has 0 aromatic rings. The van der Waals surface area contributed by atoms with Crippen molar-refractivity contribution in [3.63, 3.8) is 0 Å². The number of carboxylic acid groups (broad SMARTS) is 3. The first-order valence-electron chi connectivity index (χ1n) is 10.2. The Balaban J connectivity index is 4.22. The van der Waals surface area contributed by atoms with Gasteiger partial charge >= 0.3 is 0 Å². The summed E-state index contributed by atoms with van der Waals surface area (Å²) < 4.78 is 10.6. The van der Waals surface area contributed by atoms with Gasteiger partial charge in [-0.2, -0.15) is 0 Å². The van der Waals surface area contributed by atoms with Crippen LogP contribution in [0.4, 0.5) is 0 Å². The molecule has 0 aliphatic carbocycles. The van der Waals surface area contributed by atoms with Crippen LogP contribution in [0.1, 0.15) is 26.2 Å². The topological polar surface area (TPSA) is 186 Å². The minimum absolute atomic E-state index is 0.0213. The van der Waals surface area contributed by atoms with Gasteiger partial charge in [0.1, 0.15) is 0 Å². The van der Waals surface area contributed by atoms with Crippen LogP contribution in [0.2, 0.25) is 0 Å². The fourth-order valence-electron chi connectivity index (χ4n) is 2.60. The standard InChI is InChI=1S/C19H36N2O10/c1-2-15(22)13-30-7-3-4-8-31-14-16(23)9-20(10-17(24)25)5-6-21(11-18(26)27)12-19(28)29/h15-16,22-23H,2-14H2,1H3,(H,24,25)(H,26,27)(H,28,29)/p-3. The third-order valence-corrected chi connectivity index (χ3v) is 4.18. The van der Waals surface area contributed by atoms with Gasteiger partial charge in [0.15, 0.2) is 0 Å². The average Bonchev–Trinajstić information content (AvgIpc) is 2.66. The molecule has 2 N–H and O–H groups in total. The molecule has 0 aromatic heterocycles. The fraction of sp³-hybridized carbons (Fsp3) is 0.842. The zero-order valence-corrected chi connectivity index (χ0v) is 17.9. The van der Waals surface area contributed by atoms with Crippen LogP contribution in [-0.4, -0.2) is 116 Å². The Labute approximate surface area is 182 Å². The van der Waals surface area contributed by atoms with Gasteiger partial charge in [0.05, 0.1) is 43.3 Å². The van der Waals surface area contributed by atoms with Gasteiger partial charge in [0.25, 0.3) is 0 Å². The van der Waals surface area contributed by atoms with Crippen molar-refractivity contribution in [3.05, 3.63) is 0 Å². The monoisotopic (exact) mass is 449 g/mol. The van der Waals surface area contributed by atoms with Gasteiger partial charge < -0.3 is 49.4 Å². The largest absolute Gasteiger partial charge is 0.549 e. The first-order valence-corrected chi connectivity index (χ1v) is 10.2. The summed E-state index contributed by atoms with van der Waals surface area (Å²) in [5.41, 5.74) is 0. The Morgan fingerprint density at radius 2 is 1.19 bits per heavy atom. The number of ether oxygens (including phenoxy) is 2. The summed E-state index contributed by atoms with van der Waals surface area (Å²) in [4.78, 5) is 34.7. The Bertz CT molecular complexity index is 504. The van der Waals surface area contributed by atoms with Crippen molar-refractivity contribution in [1.29, 1.82) is 0 Å². The normalized spacial score (nSPS) is 13.5. The minimum Gasteiger partial charge on any atom is -0.549 e. The molecule has 0 fully saturated rings. The van der Waals surface area contributed by atoms with Crippen LogP contribution in [0.5, 0.6) is 0 Å². The van der Waals surface area contributed by atoms with Gasteiger partial charge in [-0.15, -0.1) is 0 Å². The fourth-order valence-corrected chi connectivity index (χ4v) is 2.60. The number of rotatable bonds is 21. The van der Waals surface area contributed by atoms with E-state index in [0.29, 0.717) is 26.1 Å². The average molecular weight is 449 g/mol. The SMILES string of the molecule is CCC(O)COCCCCOCC(O)CN(CCN(CC(=O)[O-])CC(=O)[O-])CC(=O)[O-]. The smallest absolute Gasteiger partial charge is 0.0900 e. The highest BCUT2D eigenvalue weighted by Gasteiger charge is 2.15. The predicted molar refractivity (Wildman–Crippen MR) is 101 cm³/mol. The van der Waals surface area contributed by atoms with E-state index in [1.165, 1.54) is 4.90 Å². The van der Waals surface area contributed by atoms with Crippen molar-refractivity contribution in [3.8, 4) is 0 Å². The Morgan fingerprint density at radius 3 is 1.65 bits per heavy atom.